The van der Waals surface area contributed by atoms with Gasteiger partial charge in [-0.15, -0.1) is 0 Å². The summed E-state index contributed by atoms with van der Waals surface area (Å²) in [4.78, 5) is 2.50. The lowest BCUT2D eigenvalue weighted by molar-refractivity contribution is 0.0295. The molecule has 0 aliphatic carbocycles. The predicted octanol–water partition coefficient (Wildman–Crippen LogP) is 1.22. The van der Waals surface area contributed by atoms with Crippen LogP contribution in [0.2, 0.25) is 0 Å². The molecule has 0 aromatic heterocycles. The van der Waals surface area contributed by atoms with Gasteiger partial charge in [-0.3, -0.25) is 0 Å². The highest BCUT2D eigenvalue weighted by Crippen LogP contribution is 2.20. The first-order valence-corrected chi connectivity index (χ1v) is 7.27. The Kier molecular flexibility index (Phi) is 7.15. The van der Waals surface area contributed by atoms with Crippen molar-refractivity contribution in [1.82, 2.24) is 4.90 Å². The zero-order chi connectivity index (χ0) is 13.4. The van der Waals surface area contributed by atoms with Gasteiger partial charge in [-0.25, -0.2) is 0 Å². The molecule has 0 bridgehead atoms. The first-order valence-electron chi connectivity index (χ1n) is 7.27. The van der Waals surface area contributed by atoms with Crippen molar-refractivity contribution in [3.05, 3.63) is 0 Å². The summed E-state index contributed by atoms with van der Waals surface area (Å²) in [6.45, 7) is 6.70. The molecule has 1 fully saturated rings. The van der Waals surface area contributed by atoms with Crippen LogP contribution >= 0.6 is 0 Å². The van der Waals surface area contributed by atoms with Crippen LogP contribution < -0.4 is 5.73 Å². The third kappa shape index (κ3) is 5.22. The van der Waals surface area contributed by atoms with Crippen molar-refractivity contribution in [2.45, 2.75) is 44.6 Å². The summed E-state index contributed by atoms with van der Waals surface area (Å²) < 4.78 is 5.21. The van der Waals surface area contributed by atoms with E-state index in [4.69, 9.17) is 10.5 Å². The molecule has 3 N–H and O–H groups in total. The van der Waals surface area contributed by atoms with Crippen LogP contribution in [0, 0.1) is 5.92 Å². The minimum absolute atomic E-state index is 0.374. The molecule has 4 heteroatoms. The summed E-state index contributed by atoms with van der Waals surface area (Å²) in [7, 11) is 1.78. The molecule has 0 spiro atoms. The van der Waals surface area contributed by atoms with Crippen LogP contribution in [-0.2, 0) is 4.74 Å². The Morgan fingerprint density at radius 2 is 2.06 bits per heavy atom. The fourth-order valence-corrected chi connectivity index (χ4v) is 2.67. The zero-order valence-corrected chi connectivity index (χ0v) is 12.0. The average molecular weight is 258 g/mol. The maximum absolute atomic E-state index is 10.1. The number of piperidine rings is 1. The summed E-state index contributed by atoms with van der Waals surface area (Å²) in [5, 5.41) is 10.1. The van der Waals surface area contributed by atoms with Crippen LogP contribution in [0.4, 0.5) is 0 Å². The van der Waals surface area contributed by atoms with Crippen LogP contribution in [-0.4, -0.2) is 55.5 Å². The summed E-state index contributed by atoms with van der Waals surface area (Å²) in [6, 6.07) is 0. The van der Waals surface area contributed by atoms with Crippen molar-refractivity contribution in [2.24, 2.45) is 11.7 Å². The Morgan fingerprint density at radius 3 is 2.56 bits per heavy atom. The van der Waals surface area contributed by atoms with E-state index >= 15 is 0 Å². The summed E-state index contributed by atoms with van der Waals surface area (Å²) in [5.74, 6) is 0.739. The smallest absolute Gasteiger partial charge is 0.0767 e. The molecular formula is C14H30N2O2. The maximum Gasteiger partial charge on any atom is 0.0767 e. The Balaban J connectivity index is 2.14. The van der Waals surface area contributed by atoms with Crippen molar-refractivity contribution in [3.8, 4) is 0 Å². The zero-order valence-electron chi connectivity index (χ0n) is 12.0. The number of likely N-dealkylation sites (tertiary alicyclic amines) is 1. The fourth-order valence-electron chi connectivity index (χ4n) is 2.67. The molecule has 4 nitrogen and oxygen atoms in total. The molecule has 1 heterocycles. The van der Waals surface area contributed by atoms with E-state index in [1.807, 2.05) is 6.92 Å². The second kappa shape index (κ2) is 8.10. The van der Waals surface area contributed by atoms with Crippen molar-refractivity contribution >= 4 is 0 Å². The van der Waals surface area contributed by atoms with Crippen molar-refractivity contribution in [3.63, 3.8) is 0 Å². The summed E-state index contributed by atoms with van der Waals surface area (Å²) in [5.41, 5.74) is 4.97. The van der Waals surface area contributed by atoms with E-state index in [0.29, 0.717) is 6.54 Å². The molecule has 1 aliphatic rings. The quantitative estimate of drug-likeness (QED) is 0.687. The van der Waals surface area contributed by atoms with E-state index in [0.717, 1.165) is 38.3 Å². The highest BCUT2D eigenvalue weighted by Gasteiger charge is 2.23. The molecule has 0 saturated carbocycles. The monoisotopic (exact) mass is 258 g/mol. The number of hydrogen-bond donors (Lipinski definition) is 2. The minimum atomic E-state index is -0.644. The number of methoxy groups -OCH3 is 1. The third-order valence-electron chi connectivity index (χ3n) is 4.26. The second-order valence-electron chi connectivity index (χ2n) is 5.63. The third-order valence-corrected chi connectivity index (χ3v) is 4.26. The lowest BCUT2D eigenvalue weighted by Gasteiger charge is -2.32. The van der Waals surface area contributed by atoms with Gasteiger partial charge in [0.05, 0.1) is 5.60 Å². The number of nitrogens with zero attached hydrogens (tertiary/aromatic N) is 1. The molecule has 0 aromatic carbocycles. The first kappa shape index (κ1) is 15.9. The van der Waals surface area contributed by atoms with Crippen LogP contribution in [0.15, 0.2) is 0 Å². The molecule has 1 unspecified atom stereocenters. The predicted molar refractivity (Wildman–Crippen MR) is 74.6 cm³/mol. The Labute approximate surface area is 111 Å². The van der Waals surface area contributed by atoms with Crippen molar-refractivity contribution in [1.29, 1.82) is 0 Å². The SMILES string of the molecule is CCC(O)(CN)CCCN1CCC(COC)CC1. The number of nitrogens with two attached hydrogens (primary N) is 1. The van der Waals surface area contributed by atoms with Gasteiger partial charge in [0.15, 0.2) is 0 Å². The molecule has 0 amide bonds. The molecular weight excluding hydrogens is 228 g/mol. The van der Waals surface area contributed by atoms with Gasteiger partial charge in [0.1, 0.15) is 0 Å². The normalized spacial score (nSPS) is 22.0. The number of rotatable bonds is 8. The van der Waals surface area contributed by atoms with Crippen LogP contribution in [0.1, 0.15) is 39.0 Å². The topological polar surface area (TPSA) is 58.7 Å². The van der Waals surface area contributed by atoms with E-state index < -0.39 is 5.60 Å². The van der Waals surface area contributed by atoms with Crippen molar-refractivity contribution in [2.75, 3.05) is 39.9 Å². The fraction of sp³-hybridized carbons (Fsp3) is 1.00. The molecule has 1 atom stereocenters. The van der Waals surface area contributed by atoms with Gasteiger partial charge in [-0.05, 0) is 57.7 Å². The van der Waals surface area contributed by atoms with E-state index in [1.165, 1.54) is 25.9 Å². The summed E-state index contributed by atoms with van der Waals surface area (Å²) >= 11 is 0. The number of aliphatic hydroxyl groups is 1. The highest BCUT2D eigenvalue weighted by atomic mass is 16.5. The molecule has 0 radical (unpaired) electrons. The van der Waals surface area contributed by atoms with E-state index in [2.05, 4.69) is 4.90 Å². The number of hydrogen-bond acceptors (Lipinski definition) is 4. The van der Waals surface area contributed by atoms with Crippen LogP contribution in [0.25, 0.3) is 0 Å². The standard InChI is InChI=1S/C14H30N2O2/c1-3-14(17,12-15)7-4-8-16-9-5-13(6-10-16)11-18-2/h13,17H,3-12,15H2,1-2H3. The lowest BCUT2D eigenvalue weighted by atomic mass is 9.94. The second-order valence-corrected chi connectivity index (χ2v) is 5.63. The molecule has 108 valence electrons. The molecule has 0 aromatic rings. The minimum Gasteiger partial charge on any atom is -0.389 e. The molecule has 18 heavy (non-hydrogen) atoms. The van der Waals surface area contributed by atoms with Gasteiger partial charge in [0.2, 0.25) is 0 Å². The Hall–Kier alpha value is -0.160. The number of ether oxygens (including phenoxy) is 1. The van der Waals surface area contributed by atoms with Gasteiger partial charge < -0.3 is 20.5 Å². The Morgan fingerprint density at radius 1 is 1.39 bits per heavy atom. The first-order chi connectivity index (χ1) is 8.63. The van der Waals surface area contributed by atoms with Gasteiger partial charge in [0, 0.05) is 20.3 Å². The van der Waals surface area contributed by atoms with Gasteiger partial charge >= 0.3 is 0 Å². The van der Waals surface area contributed by atoms with Gasteiger partial charge in [-0.2, -0.15) is 0 Å². The largest absolute Gasteiger partial charge is 0.389 e. The molecule has 1 aliphatic heterocycles. The maximum atomic E-state index is 10.1. The van der Waals surface area contributed by atoms with Crippen molar-refractivity contribution < 1.29 is 9.84 Å². The van der Waals surface area contributed by atoms with E-state index in [9.17, 15) is 5.11 Å². The lowest BCUT2D eigenvalue weighted by Crippen LogP contribution is -2.39. The highest BCUT2D eigenvalue weighted by molar-refractivity contribution is 4.79. The van der Waals surface area contributed by atoms with E-state index in [1.54, 1.807) is 7.11 Å². The molecule has 1 saturated heterocycles. The van der Waals surface area contributed by atoms with E-state index in [-0.39, 0.29) is 0 Å². The summed E-state index contributed by atoms with van der Waals surface area (Å²) in [6.07, 6.45) is 5.08. The van der Waals surface area contributed by atoms with Gasteiger partial charge in [-0.1, -0.05) is 6.92 Å². The molecule has 1 rings (SSSR count). The van der Waals surface area contributed by atoms with Crippen LogP contribution in [0.5, 0.6) is 0 Å². The Bertz CT molecular complexity index is 212. The van der Waals surface area contributed by atoms with Gasteiger partial charge in [0.25, 0.3) is 0 Å². The average Bonchev–Trinajstić information content (AvgIpc) is 2.41. The van der Waals surface area contributed by atoms with Crippen LogP contribution in [0.3, 0.4) is 0 Å².